The van der Waals surface area contributed by atoms with E-state index < -0.39 is 4.92 Å². The van der Waals surface area contributed by atoms with Gasteiger partial charge in [-0.15, -0.1) is 0 Å². The van der Waals surface area contributed by atoms with E-state index in [4.69, 9.17) is 4.74 Å². The smallest absolute Gasteiger partial charge is 0.273 e. The van der Waals surface area contributed by atoms with Gasteiger partial charge in [-0.2, -0.15) is 0 Å². The van der Waals surface area contributed by atoms with E-state index in [9.17, 15) is 14.5 Å². The zero-order valence-electron chi connectivity index (χ0n) is 9.68. The Morgan fingerprint density at radius 1 is 1.26 bits per heavy atom. The van der Waals surface area contributed by atoms with Crippen molar-refractivity contribution in [2.45, 2.75) is 5.33 Å². The molecule has 0 aromatic heterocycles. The van der Waals surface area contributed by atoms with Gasteiger partial charge in [0.15, 0.2) is 0 Å². The first kappa shape index (κ1) is 13.5. The second-order valence-electron chi connectivity index (χ2n) is 3.71. The quantitative estimate of drug-likeness (QED) is 0.475. The number of nitro groups is 1. The van der Waals surface area contributed by atoms with Gasteiger partial charge in [0.25, 0.3) is 5.69 Å². The van der Waals surface area contributed by atoms with Crippen molar-refractivity contribution in [3.05, 3.63) is 64.0 Å². The average Bonchev–Trinajstić information content (AvgIpc) is 2.39. The summed E-state index contributed by atoms with van der Waals surface area (Å²) in [5, 5.41) is 11.0. The summed E-state index contributed by atoms with van der Waals surface area (Å²) >= 11 is 3.18. The van der Waals surface area contributed by atoms with Crippen LogP contribution in [0, 0.1) is 15.9 Å². The van der Waals surface area contributed by atoms with Crippen LogP contribution in [0.15, 0.2) is 42.5 Å². The van der Waals surface area contributed by atoms with E-state index in [0.29, 0.717) is 22.4 Å². The van der Waals surface area contributed by atoms with Crippen LogP contribution in [-0.4, -0.2) is 4.92 Å². The highest BCUT2D eigenvalue weighted by molar-refractivity contribution is 9.08. The van der Waals surface area contributed by atoms with Crippen LogP contribution in [0.5, 0.6) is 11.5 Å². The summed E-state index contributed by atoms with van der Waals surface area (Å²) in [4.78, 5) is 10.2. The van der Waals surface area contributed by atoms with E-state index in [2.05, 4.69) is 15.9 Å². The highest BCUT2D eigenvalue weighted by atomic mass is 79.9. The molecular formula is C13H9BrFNO3. The molecule has 2 aromatic rings. The Morgan fingerprint density at radius 2 is 2.00 bits per heavy atom. The van der Waals surface area contributed by atoms with Crippen LogP contribution < -0.4 is 4.74 Å². The summed E-state index contributed by atoms with van der Waals surface area (Å²) < 4.78 is 19.0. The Kier molecular flexibility index (Phi) is 4.11. The Labute approximate surface area is 117 Å². The molecule has 0 saturated heterocycles. The van der Waals surface area contributed by atoms with E-state index >= 15 is 0 Å². The third kappa shape index (κ3) is 3.08. The minimum Gasteiger partial charge on any atom is -0.457 e. The maximum atomic E-state index is 13.5. The van der Waals surface area contributed by atoms with Gasteiger partial charge in [0, 0.05) is 17.0 Å². The summed E-state index contributed by atoms with van der Waals surface area (Å²) in [6, 6.07) is 10.2. The predicted molar refractivity (Wildman–Crippen MR) is 72.2 cm³/mol. The van der Waals surface area contributed by atoms with E-state index in [1.54, 1.807) is 12.1 Å². The number of alkyl halides is 1. The van der Waals surface area contributed by atoms with Gasteiger partial charge in [-0.25, -0.2) is 4.39 Å². The number of rotatable bonds is 4. The van der Waals surface area contributed by atoms with Crippen LogP contribution in [-0.2, 0) is 5.33 Å². The molecule has 0 fully saturated rings. The van der Waals surface area contributed by atoms with Gasteiger partial charge >= 0.3 is 0 Å². The van der Waals surface area contributed by atoms with Gasteiger partial charge in [-0.3, -0.25) is 10.1 Å². The van der Waals surface area contributed by atoms with Crippen molar-refractivity contribution in [2.24, 2.45) is 0 Å². The fraction of sp³-hybridized carbons (Fsp3) is 0.0769. The Morgan fingerprint density at radius 3 is 2.68 bits per heavy atom. The molecule has 0 heterocycles. The Hall–Kier alpha value is -1.95. The van der Waals surface area contributed by atoms with Crippen molar-refractivity contribution < 1.29 is 14.1 Å². The van der Waals surface area contributed by atoms with Crippen molar-refractivity contribution in [3.8, 4) is 11.5 Å². The van der Waals surface area contributed by atoms with E-state index in [1.165, 1.54) is 30.3 Å². The number of halogens is 2. The van der Waals surface area contributed by atoms with Crippen LogP contribution in [0.1, 0.15) is 5.56 Å². The van der Waals surface area contributed by atoms with Gasteiger partial charge in [-0.05, 0) is 18.2 Å². The monoisotopic (exact) mass is 325 g/mol. The number of benzene rings is 2. The summed E-state index contributed by atoms with van der Waals surface area (Å²) in [6.45, 7) is 0. The number of ether oxygens (including phenoxy) is 1. The normalized spacial score (nSPS) is 10.2. The summed E-state index contributed by atoms with van der Waals surface area (Å²) in [7, 11) is 0. The lowest BCUT2D eigenvalue weighted by Crippen LogP contribution is -1.94. The van der Waals surface area contributed by atoms with Crippen LogP contribution in [0.25, 0.3) is 0 Å². The first-order valence-electron chi connectivity index (χ1n) is 5.37. The van der Waals surface area contributed by atoms with Crippen molar-refractivity contribution in [2.75, 3.05) is 0 Å². The molecule has 0 bridgehead atoms. The molecule has 19 heavy (non-hydrogen) atoms. The van der Waals surface area contributed by atoms with E-state index in [1.807, 2.05) is 0 Å². The highest BCUT2D eigenvalue weighted by Crippen LogP contribution is 2.30. The minimum atomic E-state index is -0.510. The zero-order chi connectivity index (χ0) is 13.8. The molecule has 2 rings (SSSR count). The molecule has 6 heteroatoms. The third-order valence-corrected chi connectivity index (χ3v) is 3.03. The Bertz CT molecular complexity index is 619. The fourth-order valence-electron chi connectivity index (χ4n) is 1.55. The maximum Gasteiger partial charge on any atom is 0.273 e. The van der Waals surface area contributed by atoms with Crippen molar-refractivity contribution in [1.82, 2.24) is 0 Å². The molecule has 2 aromatic carbocycles. The zero-order valence-corrected chi connectivity index (χ0v) is 11.3. The molecule has 0 N–H and O–H groups in total. The lowest BCUT2D eigenvalue weighted by atomic mass is 10.2. The van der Waals surface area contributed by atoms with Crippen LogP contribution >= 0.6 is 15.9 Å². The lowest BCUT2D eigenvalue weighted by molar-refractivity contribution is -0.384. The minimum absolute atomic E-state index is 0.0747. The van der Waals surface area contributed by atoms with Crippen LogP contribution in [0.3, 0.4) is 0 Å². The number of hydrogen-bond acceptors (Lipinski definition) is 3. The third-order valence-electron chi connectivity index (χ3n) is 2.47. The number of nitrogens with zero attached hydrogens (tertiary/aromatic N) is 1. The molecule has 0 unspecified atom stereocenters. The molecule has 0 aliphatic carbocycles. The molecule has 4 nitrogen and oxygen atoms in total. The van der Waals surface area contributed by atoms with Crippen LogP contribution in [0.4, 0.5) is 10.1 Å². The van der Waals surface area contributed by atoms with E-state index in [-0.39, 0.29) is 11.5 Å². The molecule has 0 aliphatic heterocycles. The molecular weight excluding hydrogens is 317 g/mol. The summed E-state index contributed by atoms with van der Waals surface area (Å²) in [5.74, 6) is 0.235. The van der Waals surface area contributed by atoms with E-state index in [0.717, 1.165) is 0 Å². The summed E-state index contributed by atoms with van der Waals surface area (Å²) in [6.07, 6.45) is 0. The first-order chi connectivity index (χ1) is 9.11. The topological polar surface area (TPSA) is 52.4 Å². The number of hydrogen-bond donors (Lipinski definition) is 0. The highest BCUT2D eigenvalue weighted by Gasteiger charge is 2.11. The molecule has 0 amide bonds. The van der Waals surface area contributed by atoms with Crippen molar-refractivity contribution in [1.29, 1.82) is 0 Å². The SMILES string of the molecule is O=[N+]([O-])c1cccc(Oc2cccc(F)c2CBr)c1. The molecule has 0 aliphatic rings. The fourth-order valence-corrected chi connectivity index (χ4v) is 2.10. The molecule has 0 saturated carbocycles. The first-order valence-corrected chi connectivity index (χ1v) is 6.49. The van der Waals surface area contributed by atoms with Gasteiger partial charge in [0.1, 0.15) is 17.3 Å². The molecule has 0 spiro atoms. The van der Waals surface area contributed by atoms with Gasteiger partial charge in [0.05, 0.1) is 11.0 Å². The van der Waals surface area contributed by atoms with Gasteiger partial charge in [-0.1, -0.05) is 28.1 Å². The van der Waals surface area contributed by atoms with Crippen molar-refractivity contribution in [3.63, 3.8) is 0 Å². The average molecular weight is 326 g/mol. The number of non-ortho nitro benzene ring substituents is 1. The standard InChI is InChI=1S/C13H9BrFNO3/c14-8-11-12(15)5-2-6-13(11)19-10-4-1-3-9(7-10)16(17)18/h1-7H,8H2. The summed E-state index contributed by atoms with van der Waals surface area (Å²) in [5.41, 5.74) is 0.295. The second-order valence-corrected chi connectivity index (χ2v) is 4.27. The predicted octanol–water partition coefficient (Wildman–Crippen LogP) is 4.42. The van der Waals surface area contributed by atoms with Crippen molar-refractivity contribution >= 4 is 21.6 Å². The van der Waals surface area contributed by atoms with Gasteiger partial charge < -0.3 is 4.74 Å². The van der Waals surface area contributed by atoms with Crippen LogP contribution in [0.2, 0.25) is 0 Å². The lowest BCUT2D eigenvalue weighted by Gasteiger charge is -2.10. The molecule has 0 atom stereocenters. The maximum absolute atomic E-state index is 13.5. The van der Waals surface area contributed by atoms with Gasteiger partial charge in [0.2, 0.25) is 0 Å². The number of nitro benzene ring substituents is 1. The Balaban J connectivity index is 2.33. The second kappa shape index (κ2) is 5.79. The molecule has 98 valence electrons. The molecule has 0 radical (unpaired) electrons. The largest absolute Gasteiger partial charge is 0.457 e.